The molecular weight excluding hydrogens is 324 g/mol. The van der Waals surface area contributed by atoms with E-state index in [0.29, 0.717) is 16.7 Å². The number of para-hydroxylation sites is 1. The van der Waals surface area contributed by atoms with Crippen LogP contribution in [0.15, 0.2) is 53.7 Å². The fourth-order valence-corrected chi connectivity index (χ4v) is 3.10. The number of hydrogen-bond donors (Lipinski definition) is 1. The molecule has 0 bridgehead atoms. The first-order chi connectivity index (χ1) is 11.7. The smallest absolute Gasteiger partial charge is 0.210 e. The van der Waals surface area contributed by atoms with Gasteiger partial charge in [0.15, 0.2) is 5.82 Å². The van der Waals surface area contributed by atoms with Crippen LogP contribution in [0.2, 0.25) is 0 Å². The Morgan fingerprint density at radius 3 is 2.67 bits per heavy atom. The van der Waals surface area contributed by atoms with Crippen LogP contribution >= 0.6 is 11.8 Å². The Hall–Kier alpha value is -2.67. The molecule has 0 aliphatic carbocycles. The summed E-state index contributed by atoms with van der Waals surface area (Å²) in [7, 11) is 3.27. The van der Waals surface area contributed by atoms with Gasteiger partial charge in [-0.15, -0.1) is 10.2 Å². The van der Waals surface area contributed by atoms with Gasteiger partial charge in [0, 0.05) is 5.75 Å². The number of aromatic nitrogens is 3. The largest absolute Gasteiger partial charge is 0.497 e. The van der Waals surface area contributed by atoms with Crippen molar-refractivity contribution in [3.63, 3.8) is 0 Å². The van der Waals surface area contributed by atoms with E-state index in [0.717, 1.165) is 22.6 Å². The summed E-state index contributed by atoms with van der Waals surface area (Å²) in [5.74, 6) is 9.00. The number of thioether (sulfide) groups is 1. The van der Waals surface area contributed by atoms with E-state index >= 15 is 0 Å². The zero-order chi connectivity index (χ0) is 16.9. The van der Waals surface area contributed by atoms with E-state index in [4.69, 9.17) is 15.3 Å². The van der Waals surface area contributed by atoms with Crippen LogP contribution in [-0.2, 0) is 5.75 Å². The van der Waals surface area contributed by atoms with Gasteiger partial charge in [0.25, 0.3) is 0 Å². The summed E-state index contributed by atoms with van der Waals surface area (Å²) >= 11 is 1.52. The zero-order valence-electron chi connectivity index (χ0n) is 13.5. The highest BCUT2D eigenvalue weighted by Gasteiger charge is 2.15. The second kappa shape index (κ2) is 7.27. The number of nitrogen functional groups attached to an aromatic ring is 1. The number of nitrogens with two attached hydrogens (primary N) is 1. The monoisotopic (exact) mass is 342 g/mol. The molecule has 0 radical (unpaired) electrons. The number of methoxy groups -OCH3 is 2. The summed E-state index contributed by atoms with van der Waals surface area (Å²) in [5.41, 5.74) is 1.93. The zero-order valence-corrected chi connectivity index (χ0v) is 14.3. The highest BCUT2D eigenvalue weighted by Crippen LogP contribution is 2.30. The van der Waals surface area contributed by atoms with E-state index in [1.807, 2.05) is 48.5 Å². The van der Waals surface area contributed by atoms with Crippen LogP contribution in [0, 0.1) is 0 Å². The average Bonchev–Trinajstić information content (AvgIpc) is 3.00. The SMILES string of the molecule is COc1cccc(CSc2nnc(-c3ccccc3OC)n2N)c1. The molecule has 0 saturated carbocycles. The van der Waals surface area contributed by atoms with Crippen molar-refractivity contribution >= 4 is 11.8 Å². The van der Waals surface area contributed by atoms with Gasteiger partial charge < -0.3 is 15.3 Å². The minimum Gasteiger partial charge on any atom is -0.497 e. The molecule has 0 amide bonds. The maximum Gasteiger partial charge on any atom is 0.210 e. The molecule has 24 heavy (non-hydrogen) atoms. The molecule has 0 unspecified atom stereocenters. The number of benzene rings is 2. The fourth-order valence-electron chi connectivity index (χ4n) is 2.30. The van der Waals surface area contributed by atoms with Crippen LogP contribution in [0.1, 0.15) is 5.56 Å². The van der Waals surface area contributed by atoms with E-state index in [9.17, 15) is 0 Å². The lowest BCUT2D eigenvalue weighted by molar-refractivity contribution is 0.414. The van der Waals surface area contributed by atoms with Crippen molar-refractivity contribution in [1.82, 2.24) is 14.9 Å². The summed E-state index contributed by atoms with van der Waals surface area (Å²) in [5, 5.41) is 9.03. The summed E-state index contributed by atoms with van der Waals surface area (Å²) < 4.78 is 12.1. The molecular formula is C17H18N4O2S. The maximum atomic E-state index is 6.17. The molecule has 2 N–H and O–H groups in total. The predicted molar refractivity (Wildman–Crippen MR) is 94.7 cm³/mol. The highest BCUT2D eigenvalue weighted by atomic mass is 32.2. The van der Waals surface area contributed by atoms with Gasteiger partial charge in [-0.1, -0.05) is 36.0 Å². The lowest BCUT2D eigenvalue weighted by atomic mass is 10.2. The van der Waals surface area contributed by atoms with Crippen LogP contribution in [0.4, 0.5) is 0 Å². The second-order valence-electron chi connectivity index (χ2n) is 5.02. The molecule has 7 heteroatoms. The molecule has 0 fully saturated rings. The molecule has 0 atom stereocenters. The van der Waals surface area contributed by atoms with E-state index in [1.54, 1.807) is 14.2 Å². The molecule has 124 valence electrons. The van der Waals surface area contributed by atoms with E-state index in [1.165, 1.54) is 16.4 Å². The fraction of sp³-hybridized carbons (Fsp3) is 0.176. The molecule has 1 heterocycles. The van der Waals surface area contributed by atoms with Crippen molar-refractivity contribution in [2.75, 3.05) is 20.1 Å². The molecule has 1 aromatic heterocycles. The first kappa shape index (κ1) is 16.2. The van der Waals surface area contributed by atoms with Crippen LogP contribution < -0.4 is 15.3 Å². The third kappa shape index (κ3) is 3.30. The molecule has 6 nitrogen and oxygen atoms in total. The number of ether oxygens (including phenoxy) is 2. The lowest BCUT2D eigenvalue weighted by Gasteiger charge is -2.08. The van der Waals surface area contributed by atoms with E-state index in [-0.39, 0.29) is 0 Å². The summed E-state index contributed by atoms with van der Waals surface area (Å²) in [6.07, 6.45) is 0. The van der Waals surface area contributed by atoms with Crippen molar-refractivity contribution in [3.05, 3.63) is 54.1 Å². The standard InChI is InChI=1S/C17H18N4O2S/c1-22-13-7-5-6-12(10-13)11-24-17-20-19-16(21(17)18)14-8-3-4-9-15(14)23-2/h3-10H,11,18H2,1-2H3. The first-order valence-electron chi connectivity index (χ1n) is 7.32. The molecule has 0 aliphatic heterocycles. The van der Waals surface area contributed by atoms with Crippen molar-refractivity contribution in [1.29, 1.82) is 0 Å². The lowest BCUT2D eigenvalue weighted by Crippen LogP contribution is -2.12. The highest BCUT2D eigenvalue weighted by molar-refractivity contribution is 7.98. The first-order valence-corrected chi connectivity index (χ1v) is 8.31. The Balaban J connectivity index is 1.80. The Bertz CT molecular complexity index is 835. The molecule has 3 aromatic rings. The normalized spacial score (nSPS) is 10.6. The second-order valence-corrected chi connectivity index (χ2v) is 5.96. The van der Waals surface area contributed by atoms with E-state index in [2.05, 4.69) is 10.2 Å². The molecule has 3 rings (SSSR count). The quantitative estimate of drug-likeness (QED) is 0.548. The van der Waals surface area contributed by atoms with Crippen LogP contribution in [0.3, 0.4) is 0 Å². The van der Waals surface area contributed by atoms with Crippen LogP contribution in [0.25, 0.3) is 11.4 Å². The third-order valence-corrected chi connectivity index (χ3v) is 4.53. The predicted octanol–water partition coefficient (Wildman–Crippen LogP) is 2.97. The third-order valence-electron chi connectivity index (χ3n) is 3.51. The Morgan fingerprint density at radius 2 is 1.88 bits per heavy atom. The molecule has 0 saturated heterocycles. The topological polar surface area (TPSA) is 75.2 Å². The van der Waals surface area contributed by atoms with Gasteiger partial charge in [0.1, 0.15) is 11.5 Å². The van der Waals surface area contributed by atoms with Crippen molar-refractivity contribution in [2.24, 2.45) is 0 Å². The Labute approximate surface area is 144 Å². The molecule has 0 spiro atoms. The Morgan fingerprint density at radius 1 is 1.04 bits per heavy atom. The van der Waals surface area contributed by atoms with E-state index < -0.39 is 0 Å². The van der Waals surface area contributed by atoms with Crippen LogP contribution in [-0.4, -0.2) is 29.1 Å². The van der Waals surface area contributed by atoms with Gasteiger partial charge in [-0.2, -0.15) is 0 Å². The van der Waals surface area contributed by atoms with Gasteiger partial charge in [-0.25, -0.2) is 4.68 Å². The molecule has 0 aliphatic rings. The van der Waals surface area contributed by atoms with Gasteiger partial charge in [0.2, 0.25) is 5.16 Å². The summed E-state index contributed by atoms with van der Waals surface area (Å²) in [6, 6.07) is 15.5. The van der Waals surface area contributed by atoms with Crippen LogP contribution in [0.5, 0.6) is 11.5 Å². The minimum absolute atomic E-state index is 0.570. The molecule has 2 aromatic carbocycles. The Kier molecular flexibility index (Phi) is 4.90. The number of rotatable bonds is 6. The number of nitrogens with zero attached hydrogens (tertiary/aromatic N) is 3. The van der Waals surface area contributed by atoms with Crippen molar-refractivity contribution < 1.29 is 9.47 Å². The van der Waals surface area contributed by atoms with Gasteiger partial charge in [-0.3, -0.25) is 0 Å². The van der Waals surface area contributed by atoms with Crippen molar-refractivity contribution in [2.45, 2.75) is 10.9 Å². The minimum atomic E-state index is 0.570. The number of hydrogen-bond acceptors (Lipinski definition) is 6. The van der Waals surface area contributed by atoms with Gasteiger partial charge in [-0.05, 0) is 29.8 Å². The van der Waals surface area contributed by atoms with Crippen molar-refractivity contribution in [3.8, 4) is 22.9 Å². The average molecular weight is 342 g/mol. The van der Waals surface area contributed by atoms with Gasteiger partial charge >= 0.3 is 0 Å². The summed E-state index contributed by atoms with van der Waals surface area (Å²) in [6.45, 7) is 0. The maximum absolute atomic E-state index is 6.17. The van der Waals surface area contributed by atoms with Gasteiger partial charge in [0.05, 0.1) is 19.8 Å². The summed E-state index contributed by atoms with van der Waals surface area (Å²) in [4.78, 5) is 0.